The zero-order valence-electron chi connectivity index (χ0n) is 13.7. The maximum atomic E-state index is 11.4. The Morgan fingerprint density at radius 3 is 2.72 bits per heavy atom. The molecule has 25 heavy (non-hydrogen) atoms. The second kappa shape index (κ2) is 6.76. The van der Waals surface area contributed by atoms with Gasteiger partial charge in [0.25, 0.3) is 5.69 Å². The average molecular weight is 338 g/mol. The number of nitrogens with zero attached hydrogens (tertiary/aromatic N) is 1. The maximum absolute atomic E-state index is 11.4. The van der Waals surface area contributed by atoms with Crippen LogP contribution in [0.15, 0.2) is 48.7 Å². The second-order valence-electron chi connectivity index (χ2n) is 5.94. The lowest BCUT2D eigenvalue weighted by molar-refractivity contribution is -0.384. The Morgan fingerprint density at radius 2 is 2.04 bits per heavy atom. The van der Waals surface area contributed by atoms with Crippen molar-refractivity contribution in [1.29, 1.82) is 0 Å². The fraction of sp³-hybridized carbons (Fsp3) is 0.211. The van der Waals surface area contributed by atoms with E-state index in [4.69, 9.17) is 0 Å². The number of non-ortho nitro benzene ring substituents is 1. The number of para-hydroxylation sites is 1. The van der Waals surface area contributed by atoms with Gasteiger partial charge in [0.1, 0.15) is 0 Å². The number of aromatic amines is 1. The first-order chi connectivity index (χ1) is 12.0. The van der Waals surface area contributed by atoms with Crippen LogP contribution in [0.3, 0.4) is 0 Å². The number of nitro benzene ring substituents is 1. The van der Waals surface area contributed by atoms with Crippen molar-refractivity contribution in [2.24, 2.45) is 0 Å². The Morgan fingerprint density at radius 1 is 1.28 bits per heavy atom. The summed E-state index contributed by atoms with van der Waals surface area (Å²) in [5.41, 5.74) is 3.56. The highest BCUT2D eigenvalue weighted by Gasteiger charge is 2.23. The molecular formula is C19H18N2O4. The zero-order chi connectivity index (χ0) is 18.0. The van der Waals surface area contributed by atoms with Crippen molar-refractivity contribution in [3.05, 3.63) is 75.5 Å². The first-order valence-corrected chi connectivity index (χ1v) is 8.06. The molecule has 6 heteroatoms. The van der Waals surface area contributed by atoms with Crippen molar-refractivity contribution in [2.75, 3.05) is 0 Å². The van der Waals surface area contributed by atoms with Crippen molar-refractivity contribution >= 4 is 22.6 Å². The van der Waals surface area contributed by atoms with Gasteiger partial charge in [-0.2, -0.15) is 0 Å². The van der Waals surface area contributed by atoms with Crippen LogP contribution in [0.25, 0.3) is 10.9 Å². The molecule has 0 radical (unpaired) electrons. The molecule has 3 rings (SSSR count). The number of nitro groups is 1. The minimum absolute atomic E-state index is 0.0398. The van der Waals surface area contributed by atoms with E-state index in [9.17, 15) is 20.0 Å². The third-order valence-electron chi connectivity index (χ3n) is 4.45. The van der Waals surface area contributed by atoms with Gasteiger partial charge in [-0.1, -0.05) is 37.3 Å². The molecule has 2 aromatic carbocycles. The van der Waals surface area contributed by atoms with Crippen LogP contribution in [0.1, 0.15) is 36.0 Å². The predicted octanol–water partition coefficient (Wildman–Crippen LogP) is 4.25. The molecule has 0 amide bonds. The molecule has 0 bridgehead atoms. The molecule has 0 aliphatic rings. The van der Waals surface area contributed by atoms with Gasteiger partial charge in [0.05, 0.1) is 11.3 Å². The van der Waals surface area contributed by atoms with Crippen LogP contribution in [-0.2, 0) is 11.2 Å². The van der Waals surface area contributed by atoms with Crippen molar-refractivity contribution in [3.63, 3.8) is 0 Å². The maximum Gasteiger partial charge on any atom is 0.304 e. The fourth-order valence-corrected chi connectivity index (χ4v) is 3.26. The molecule has 1 atom stereocenters. The molecule has 2 N–H and O–H groups in total. The van der Waals surface area contributed by atoms with Crippen LogP contribution in [0, 0.1) is 10.1 Å². The number of benzene rings is 2. The first-order valence-electron chi connectivity index (χ1n) is 8.06. The van der Waals surface area contributed by atoms with E-state index in [0.717, 1.165) is 28.5 Å². The summed E-state index contributed by atoms with van der Waals surface area (Å²) in [6, 6.07) is 12.1. The molecule has 0 fully saturated rings. The topological polar surface area (TPSA) is 96.2 Å². The fourth-order valence-electron chi connectivity index (χ4n) is 3.26. The van der Waals surface area contributed by atoms with Gasteiger partial charge < -0.3 is 10.1 Å². The van der Waals surface area contributed by atoms with Crippen LogP contribution in [0.4, 0.5) is 5.69 Å². The Balaban J connectivity index is 2.16. The highest BCUT2D eigenvalue weighted by molar-refractivity contribution is 5.87. The molecule has 1 aromatic heterocycles. The lowest BCUT2D eigenvalue weighted by atomic mass is 9.87. The summed E-state index contributed by atoms with van der Waals surface area (Å²) in [6.07, 6.45) is 2.54. The Bertz CT molecular complexity index is 946. The smallest absolute Gasteiger partial charge is 0.304 e. The van der Waals surface area contributed by atoms with E-state index in [1.807, 2.05) is 24.4 Å². The molecule has 3 aromatic rings. The van der Waals surface area contributed by atoms with Crippen molar-refractivity contribution in [1.82, 2.24) is 4.98 Å². The number of hydrogen-bond acceptors (Lipinski definition) is 3. The standard InChI is InChI=1S/C19H18N2O4/c1-2-12-5-4-8-15-17(11-20-19(12)15)16(10-18(22)23)13-6-3-7-14(9-13)21(24)25/h3-9,11,16,20H,2,10H2,1H3,(H,22,23)/t16-/m0/s1. The van der Waals surface area contributed by atoms with Gasteiger partial charge in [-0.05, 0) is 23.1 Å². The van der Waals surface area contributed by atoms with Gasteiger partial charge in [-0.25, -0.2) is 0 Å². The Hall–Kier alpha value is -3.15. The van der Waals surface area contributed by atoms with E-state index in [1.54, 1.807) is 12.1 Å². The second-order valence-corrected chi connectivity index (χ2v) is 5.94. The molecule has 0 aliphatic carbocycles. The number of aromatic nitrogens is 1. The van der Waals surface area contributed by atoms with Crippen LogP contribution in [0.5, 0.6) is 0 Å². The van der Waals surface area contributed by atoms with Crippen LogP contribution >= 0.6 is 0 Å². The molecule has 1 heterocycles. The third kappa shape index (κ3) is 3.24. The molecule has 0 saturated carbocycles. The molecule has 6 nitrogen and oxygen atoms in total. The van der Waals surface area contributed by atoms with Crippen LogP contribution in [0.2, 0.25) is 0 Å². The number of rotatable bonds is 6. The van der Waals surface area contributed by atoms with E-state index < -0.39 is 16.8 Å². The largest absolute Gasteiger partial charge is 0.481 e. The molecule has 0 unspecified atom stereocenters. The van der Waals surface area contributed by atoms with Gasteiger partial charge in [-0.15, -0.1) is 0 Å². The number of carboxylic acids is 1. The lowest BCUT2D eigenvalue weighted by Crippen LogP contribution is -2.08. The van der Waals surface area contributed by atoms with Gasteiger partial charge in [0.2, 0.25) is 0 Å². The summed E-state index contributed by atoms with van der Waals surface area (Å²) in [4.78, 5) is 25.3. The number of aryl methyl sites for hydroxylation is 1. The summed E-state index contributed by atoms with van der Waals surface area (Å²) in [5.74, 6) is -1.41. The molecule has 0 spiro atoms. The van der Waals surface area contributed by atoms with Gasteiger partial charge in [0, 0.05) is 35.2 Å². The van der Waals surface area contributed by atoms with E-state index >= 15 is 0 Å². The minimum atomic E-state index is -0.947. The quantitative estimate of drug-likeness (QED) is 0.519. The van der Waals surface area contributed by atoms with Crippen LogP contribution < -0.4 is 0 Å². The van der Waals surface area contributed by atoms with E-state index in [-0.39, 0.29) is 12.1 Å². The number of H-pyrrole nitrogens is 1. The normalized spacial score (nSPS) is 12.2. The molecule has 128 valence electrons. The number of hydrogen-bond donors (Lipinski definition) is 2. The van der Waals surface area contributed by atoms with E-state index in [1.165, 1.54) is 12.1 Å². The van der Waals surface area contributed by atoms with Crippen LogP contribution in [-0.4, -0.2) is 21.0 Å². The highest BCUT2D eigenvalue weighted by Crippen LogP contribution is 2.35. The van der Waals surface area contributed by atoms with Crippen molar-refractivity contribution in [2.45, 2.75) is 25.7 Å². The van der Waals surface area contributed by atoms with Crippen molar-refractivity contribution < 1.29 is 14.8 Å². The van der Waals surface area contributed by atoms with E-state index in [0.29, 0.717) is 5.56 Å². The average Bonchev–Trinajstić information content (AvgIpc) is 3.03. The number of aliphatic carboxylic acids is 1. The number of fused-ring (bicyclic) bond motifs is 1. The number of nitrogens with one attached hydrogen (secondary N) is 1. The monoisotopic (exact) mass is 338 g/mol. The Labute approximate surface area is 144 Å². The highest BCUT2D eigenvalue weighted by atomic mass is 16.6. The zero-order valence-corrected chi connectivity index (χ0v) is 13.7. The van der Waals surface area contributed by atoms with Gasteiger partial charge in [-0.3, -0.25) is 14.9 Å². The summed E-state index contributed by atoms with van der Waals surface area (Å²) in [6.45, 7) is 2.06. The first kappa shape index (κ1) is 16.7. The Kier molecular flexibility index (Phi) is 4.52. The summed E-state index contributed by atoms with van der Waals surface area (Å²) >= 11 is 0. The number of carbonyl (C=O) groups is 1. The summed E-state index contributed by atoms with van der Waals surface area (Å²) in [7, 11) is 0. The van der Waals surface area contributed by atoms with Crippen molar-refractivity contribution in [3.8, 4) is 0 Å². The minimum Gasteiger partial charge on any atom is -0.481 e. The summed E-state index contributed by atoms with van der Waals surface area (Å²) < 4.78 is 0. The third-order valence-corrected chi connectivity index (χ3v) is 4.45. The number of carboxylic acid groups (broad SMARTS) is 1. The molecule has 0 saturated heterocycles. The predicted molar refractivity (Wildman–Crippen MR) is 94.9 cm³/mol. The molecule has 0 aliphatic heterocycles. The van der Waals surface area contributed by atoms with Gasteiger partial charge >= 0.3 is 5.97 Å². The van der Waals surface area contributed by atoms with Gasteiger partial charge in [0.15, 0.2) is 0 Å². The van der Waals surface area contributed by atoms with E-state index in [2.05, 4.69) is 11.9 Å². The molecular weight excluding hydrogens is 320 g/mol. The SMILES string of the molecule is CCc1cccc2c([C@@H](CC(=O)O)c3cccc([N+](=O)[O-])c3)c[nH]c12. The lowest BCUT2D eigenvalue weighted by Gasteiger charge is -2.15. The summed E-state index contributed by atoms with van der Waals surface area (Å²) in [5, 5.41) is 21.4.